The molecule has 2 fully saturated rings. The number of methoxy groups -OCH3 is 1. The zero-order valence-corrected chi connectivity index (χ0v) is 6.42. The zero-order chi connectivity index (χ0) is 8.06. The smallest absolute Gasteiger partial charge is 0.319 e. The average molecular weight is 154 g/mol. The van der Waals surface area contributed by atoms with Crippen molar-refractivity contribution >= 4 is 11.8 Å². The molecule has 0 spiro atoms. The summed E-state index contributed by atoms with van der Waals surface area (Å²) in [4.78, 5) is 22.4. The summed E-state index contributed by atoms with van der Waals surface area (Å²) >= 11 is 0. The Labute approximate surface area is 64.7 Å². The van der Waals surface area contributed by atoms with E-state index in [2.05, 4.69) is 4.74 Å². The molecule has 11 heavy (non-hydrogen) atoms. The maximum atomic E-state index is 11.2. The van der Waals surface area contributed by atoms with E-state index in [4.69, 9.17) is 0 Å². The minimum atomic E-state index is -0.672. The standard InChI is InChI=1S/C8H10O3/c1-11-7(10)8-4-5(8)2-3-6(8)9/h5H,2-4H2,1H3/t5?,8-/m1/s1. The van der Waals surface area contributed by atoms with E-state index >= 15 is 0 Å². The Kier molecular flexibility index (Phi) is 1.14. The molecule has 0 saturated heterocycles. The summed E-state index contributed by atoms with van der Waals surface area (Å²) in [5.74, 6) is 0.0850. The van der Waals surface area contributed by atoms with Gasteiger partial charge in [-0.1, -0.05) is 0 Å². The predicted octanol–water partition coefficient (Wildman–Crippen LogP) is 0.529. The number of carbonyl (C=O) groups excluding carboxylic acids is 2. The van der Waals surface area contributed by atoms with Gasteiger partial charge in [-0.2, -0.15) is 0 Å². The highest BCUT2D eigenvalue weighted by molar-refractivity contribution is 6.09. The summed E-state index contributed by atoms with van der Waals surface area (Å²) in [6.45, 7) is 0. The number of Topliss-reactive ketones (excluding diaryl/α,β-unsaturated/α-hetero) is 1. The first-order valence-corrected chi connectivity index (χ1v) is 3.83. The van der Waals surface area contributed by atoms with Crippen LogP contribution in [0.15, 0.2) is 0 Å². The highest BCUT2D eigenvalue weighted by Gasteiger charge is 2.68. The molecular weight excluding hydrogens is 144 g/mol. The van der Waals surface area contributed by atoms with Gasteiger partial charge in [0.25, 0.3) is 0 Å². The van der Waals surface area contributed by atoms with Gasteiger partial charge < -0.3 is 4.74 Å². The molecular formula is C8H10O3. The number of ether oxygens (including phenoxy) is 1. The van der Waals surface area contributed by atoms with Crippen LogP contribution in [0.4, 0.5) is 0 Å². The highest BCUT2D eigenvalue weighted by atomic mass is 16.5. The molecule has 2 saturated carbocycles. The van der Waals surface area contributed by atoms with E-state index in [1.807, 2.05) is 0 Å². The SMILES string of the molecule is COC(=O)[C@]12CC1CCC2=O. The highest BCUT2D eigenvalue weighted by Crippen LogP contribution is 2.61. The zero-order valence-electron chi connectivity index (χ0n) is 6.42. The number of ketones is 1. The third kappa shape index (κ3) is 0.633. The van der Waals surface area contributed by atoms with Gasteiger partial charge >= 0.3 is 5.97 Å². The van der Waals surface area contributed by atoms with Crippen LogP contribution < -0.4 is 0 Å². The largest absolute Gasteiger partial charge is 0.468 e. The lowest BCUT2D eigenvalue weighted by molar-refractivity contribution is -0.150. The maximum absolute atomic E-state index is 11.2. The summed E-state index contributed by atoms with van der Waals surface area (Å²) in [5, 5.41) is 0. The first kappa shape index (κ1) is 6.83. The molecule has 2 rings (SSSR count). The number of fused-ring (bicyclic) bond motifs is 1. The molecule has 0 aromatic heterocycles. The normalized spacial score (nSPS) is 40.1. The summed E-state index contributed by atoms with van der Waals surface area (Å²) in [6.07, 6.45) is 2.19. The second-order valence-corrected chi connectivity index (χ2v) is 3.33. The van der Waals surface area contributed by atoms with Crippen LogP contribution in [0.25, 0.3) is 0 Å². The van der Waals surface area contributed by atoms with E-state index in [9.17, 15) is 9.59 Å². The minimum Gasteiger partial charge on any atom is -0.468 e. The minimum absolute atomic E-state index is 0.0920. The Balaban J connectivity index is 2.24. The van der Waals surface area contributed by atoms with Crippen LogP contribution in [0.1, 0.15) is 19.3 Å². The van der Waals surface area contributed by atoms with Crippen LogP contribution in [0.5, 0.6) is 0 Å². The Morgan fingerprint density at radius 2 is 2.45 bits per heavy atom. The third-order valence-corrected chi connectivity index (χ3v) is 2.87. The van der Waals surface area contributed by atoms with Gasteiger partial charge in [-0.3, -0.25) is 9.59 Å². The molecule has 60 valence electrons. The van der Waals surface area contributed by atoms with E-state index in [1.54, 1.807) is 0 Å². The molecule has 0 heterocycles. The van der Waals surface area contributed by atoms with Crippen LogP contribution >= 0.6 is 0 Å². The lowest BCUT2D eigenvalue weighted by Gasteiger charge is -2.05. The van der Waals surface area contributed by atoms with Crippen molar-refractivity contribution in [1.82, 2.24) is 0 Å². The van der Waals surface area contributed by atoms with Gasteiger partial charge in [0, 0.05) is 6.42 Å². The van der Waals surface area contributed by atoms with E-state index in [0.29, 0.717) is 12.3 Å². The molecule has 2 aliphatic carbocycles. The molecule has 0 radical (unpaired) electrons. The van der Waals surface area contributed by atoms with Gasteiger partial charge in [0.15, 0.2) is 0 Å². The number of rotatable bonds is 1. The molecule has 3 heteroatoms. The van der Waals surface area contributed by atoms with Crippen LogP contribution in [-0.4, -0.2) is 18.9 Å². The van der Waals surface area contributed by atoms with Crippen molar-refractivity contribution in [2.45, 2.75) is 19.3 Å². The van der Waals surface area contributed by atoms with Crippen molar-refractivity contribution in [3.8, 4) is 0 Å². The molecule has 0 aromatic carbocycles. The summed E-state index contributed by atoms with van der Waals surface area (Å²) < 4.78 is 4.59. The molecule has 2 atom stereocenters. The molecule has 1 unspecified atom stereocenters. The molecule has 0 aromatic rings. The van der Waals surface area contributed by atoms with Crippen molar-refractivity contribution in [2.24, 2.45) is 11.3 Å². The Hall–Kier alpha value is -0.860. The lowest BCUT2D eigenvalue weighted by Crippen LogP contribution is -2.24. The van der Waals surface area contributed by atoms with Crippen LogP contribution in [-0.2, 0) is 14.3 Å². The second kappa shape index (κ2) is 1.84. The van der Waals surface area contributed by atoms with Gasteiger partial charge in [-0.15, -0.1) is 0 Å². The fourth-order valence-electron chi connectivity index (χ4n) is 2.09. The number of esters is 1. The van der Waals surface area contributed by atoms with Crippen LogP contribution in [0, 0.1) is 11.3 Å². The Morgan fingerprint density at radius 1 is 1.73 bits per heavy atom. The molecule has 2 aliphatic rings. The predicted molar refractivity (Wildman–Crippen MR) is 36.8 cm³/mol. The van der Waals surface area contributed by atoms with Gasteiger partial charge in [0.1, 0.15) is 11.2 Å². The van der Waals surface area contributed by atoms with E-state index < -0.39 is 5.41 Å². The summed E-state index contributed by atoms with van der Waals surface area (Å²) in [6, 6.07) is 0. The fourth-order valence-corrected chi connectivity index (χ4v) is 2.09. The van der Waals surface area contributed by atoms with Gasteiger partial charge in [0.2, 0.25) is 0 Å². The van der Waals surface area contributed by atoms with E-state index in [-0.39, 0.29) is 11.8 Å². The monoisotopic (exact) mass is 154 g/mol. The molecule has 0 amide bonds. The number of hydrogen-bond acceptors (Lipinski definition) is 3. The Bertz CT molecular complexity index is 233. The van der Waals surface area contributed by atoms with Crippen molar-refractivity contribution < 1.29 is 14.3 Å². The van der Waals surface area contributed by atoms with E-state index in [1.165, 1.54) is 7.11 Å². The first-order chi connectivity index (χ1) is 5.21. The molecule has 0 aliphatic heterocycles. The van der Waals surface area contributed by atoms with Crippen LogP contribution in [0.2, 0.25) is 0 Å². The van der Waals surface area contributed by atoms with Crippen LogP contribution in [0.3, 0.4) is 0 Å². The fraction of sp³-hybridized carbons (Fsp3) is 0.750. The first-order valence-electron chi connectivity index (χ1n) is 3.83. The number of hydrogen-bond donors (Lipinski definition) is 0. The maximum Gasteiger partial charge on any atom is 0.319 e. The molecule has 3 nitrogen and oxygen atoms in total. The summed E-state index contributed by atoms with van der Waals surface area (Å²) in [7, 11) is 1.35. The van der Waals surface area contributed by atoms with Gasteiger partial charge in [-0.25, -0.2) is 0 Å². The van der Waals surface area contributed by atoms with Crippen molar-refractivity contribution in [2.75, 3.05) is 7.11 Å². The molecule has 0 bridgehead atoms. The van der Waals surface area contributed by atoms with E-state index in [0.717, 1.165) is 12.8 Å². The van der Waals surface area contributed by atoms with Crippen molar-refractivity contribution in [3.63, 3.8) is 0 Å². The quantitative estimate of drug-likeness (QED) is 0.408. The molecule has 0 N–H and O–H groups in total. The second-order valence-electron chi connectivity index (χ2n) is 3.33. The third-order valence-electron chi connectivity index (χ3n) is 2.87. The topological polar surface area (TPSA) is 43.4 Å². The van der Waals surface area contributed by atoms with Crippen molar-refractivity contribution in [1.29, 1.82) is 0 Å². The van der Waals surface area contributed by atoms with Crippen molar-refractivity contribution in [3.05, 3.63) is 0 Å². The Morgan fingerprint density at radius 3 is 2.82 bits per heavy atom. The average Bonchev–Trinajstić information content (AvgIpc) is 2.68. The summed E-state index contributed by atoms with van der Waals surface area (Å²) in [5.41, 5.74) is -0.672. The van der Waals surface area contributed by atoms with Gasteiger partial charge in [-0.05, 0) is 18.8 Å². The number of carbonyl (C=O) groups is 2. The van der Waals surface area contributed by atoms with Gasteiger partial charge in [0.05, 0.1) is 7.11 Å². The lowest BCUT2D eigenvalue weighted by atomic mass is 10.0.